The molecule has 3 aromatic rings. The molecule has 1 amide bonds. The molecule has 0 N–H and O–H groups in total. The number of pyridine rings is 1. The summed E-state index contributed by atoms with van der Waals surface area (Å²) in [7, 11) is 3.20. The minimum atomic E-state index is -0.0842. The number of carbonyl (C=O) groups excluding carboxylic acids is 1. The van der Waals surface area contributed by atoms with Crippen molar-refractivity contribution in [2.75, 3.05) is 20.8 Å². The number of carbonyl (C=O) groups is 1. The van der Waals surface area contributed by atoms with Gasteiger partial charge in [0.05, 0.1) is 14.2 Å². The number of amides is 1. The minimum absolute atomic E-state index is 0.0842. The normalized spacial score (nSPS) is 10.6. The number of nitrogens with zero attached hydrogens (tertiary/aromatic N) is 2. The van der Waals surface area contributed by atoms with Gasteiger partial charge in [-0.15, -0.1) is 0 Å². The van der Waals surface area contributed by atoms with E-state index < -0.39 is 0 Å². The highest BCUT2D eigenvalue weighted by Gasteiger charge is 2.19. The van der Waals surface area contributed by atoms with Crippen LogP contribution in [0.15, 0.2) is 54.7 Å². The summed E-state index contributed by atoms with van der Waals surface area (Å²) in [5.74, 6) is 1.23. The Kier molecular flexibility index (Phi) is 5.37. The van der Waals surface area contributed by atoms with Crippen LogP contribution in [0.4, 0.5) is 0 Å². The van der Waals surface area contributed by atoms with Gasteiger partial charge in [-0.2, -0.15) is 0 Å². The van der Waals surface area contributed by atoms with Crippen molar-refractivity contribution in [2.24, 2.45) is 0 Å². The molecule has 0 atom stereocenters. The molecule has 0 unspecified atom stereocenters. The van der Waals surface area contributed by atoms with Crippen molar-refractivity contribution in [3.63, 3.8) is 0 Å². The smallest absolute Gasteiger partial charge is 0.273 e. The zero-order valence-electron chi connectivity index (χ0n) is 15.2. The average molecular weight is 350 g/mol. The second kappa shape index (κ2) is 7.87. The quantitative estimate of drug-likeness (QED) is 0.676. The molecule has 26 heavy (non-hydrogen) atoms. The summed E-state index contributed by atoms with van der Waals surface area (Å²) in [5.41, 5.74) is 1.45. The maximum absolute atomic E-state index is 13.1. The van der Waals surface area contributed by atoms with E-state index in [2.05, 4.69) is 4.98 Å². The SMILES string of the molecule is CCN(Cc1ccc(OC)c(OC)c1)C(=O)c1nccc2ccccc12. The molecule has 0 fully saturated rings. The third-order valence-corrected chi connectivity index (χ3v) is 4.37. The average Bonchev–Trinajstić information content (AvgIpc) is 2.70. The van der Waals surface area contributed by atoms with Crippen LogP contribution in [0.1, 0.15) is 23.0 Å². The molecule has 0 bridgehead atoms. The van der Waals surface area contributed by atoms with Crippen LogP contribution in [0.2, 0.25) is 0 Å². The van der Waals surface area contributed by atoms with Gasteiger partial charge in [0.2, 0.25) is 0 Å². The predicted octanol–water partition coefficient (Wildman–Crippen LogP) is 3.91. The zero-order chi connectivity index (χ0) is 18.5. The Morgan fingerprint density at radius 3 is 2.54 bits per heavy atom. The fraction of sp³-hybridized carbons (Fsp3) is 0.238. The van der Waals surface area contributed by atoms with Crippen molar-refractivity contribution in [3.8, 4) is 11.5 Å². The second-order valence-corrected chi connectivity index (χ2v) is 5.89. The zero-order valence-corrected chi connectivity index (χ0v) is 15.2. The lowest BCUT2D eigenvalue weighted by atomic mass is 10.1. The molecule has 1 heterocycles. The Balaban J connectivity index is 1.90. The summed E-state index contributed by atoms with van der Waals surface area (Å²) in [5, 5.41) is 1.87. The number of benzene rings is 2. The van der Waals surface area contributed by atoms with Crippen LogP contribution in [-0.4, -0.2) is 36.6 Å². The van der Waals surface area contributed by atoms with E-state index in [4.69, 9.17) is 9.47 Å². The lowest BCUT2D eigenvalue weighted by Gasteiger charge is -2.22. The second-order valence-electron chi connectivity index (χ2n) is 5.89. The van der Waals surface area contributed by atoms with Crippen molar-refractivity contribution in [1.82, 2.24) is 9.88 Å². The molecule has 5 nitrogen and oxygen atoms in total. The van der Waals surface area contributed by atoms with Crippen molar-refractivity contribution in [1.29, 1.82) is 0 Å². The van der Waals surface area contributed by atoms with Gasteiger partial charge >= 0.3 is 0 Å². The van der Waals surface area contributed by atoms with Gasteiger partial charge in [-0.3, -0.25) is 9.78 Å². The van der Waals surface area contributed by atoms with E-state index >= 15 is 0 Å². The van der Waals surface area contributed by atoms with E-state index in [1.165, 1.54) is 0 Å². The maximum Gasteiger partial charge on any atom is 0.273 e. The highest BCUT2D eigenvalue weighted by molar-refractivity contribution is 6.05. The Bertz CT molecular complexity index is 919. The largest absolute Gasteiger partial charge is 0.493 e. The van der Waals surface area contributed by atoms with Gasteiger partial charge in [0.15, 0.2) is 11.5 Å². The summed E-state index contributed by atoms with van der Waals surface area (Å²) < 4.78 is 10.6. The summed E-state index contributed by atoms with van der Waals surface area (Å²) in [6.45, 7) is 3.02. The third kappa shape index (κ3) is 3.47. The molecule has 0 aliphatic rings. The highest BCUT2D eigenvalue weighted by Crippen LogP contribution is 2.28. The number of ether oxygens (including phenoxy) is 2. The predicted molar refractivity (Wildman–Crippen MR) is 102 cm³/mol. The van der Waals surface area contributed by atoms with Crippen LogP contribution in [0, 0.1) is 0 Å². The van der Waals surface area contributed by atoms with Gasteiger partial charge in [-0.1, -0.05) is 30.3 Å². The molecule has 134 valence electrons. The van der Waals surface area contributed by atoms with Gasteiger partial charge in [0, 0.05) is 24.7 Å². The first kappa shape index (κ1) is 17.7. The summed E-state index contributed by atoms with van der Waals surface area (Å²) >= 11 is 0. The van der Waals surface area contributed by atoms with E-state index in [1.54, 1.807) is 25.3 Å². The van der Waals surface area contributed by atoms with E-state index in [-0.39, 0.29) is 5.91 Å². The van der Waals surface area contributed by atoms with Crippen LogP contribution in [-0.2, 0) is 6.54 Å². The Morgan fingerprint density at radius 2 is 1.81 bits per heavy atom. The van der Waals surface area contributed by atoms with Crippen LogP contribution in [0.25, 0.3) is 10.8 Å². The molecule has 0 aliphatic heterocycles. The van der Waals surface area contributed by atoms with Crippen molar-refractivity contribution < 1.29 is 14.3 Å². The first-order valence-electron chi connectivity index (χ1n) is 8.51. The highest BCUT2D eigenvalue weighted by atomic mass is 16.5. The Hall–Kier alpha value is -3.08. The number of rotatable bonds is 6. The molecule has 0 aliphatic carbocycles. The molecule has 0 saturated heterocycles. The monoisotopic (exact) mass is 350 g/mol. The molecule has 0 radical (unpaired) electrons. The minimum Gasteiger partial charge on any atom is -0.493 e. The van der Waals surface area contributed by atoms with Gasteiger partial charge in [0.25, 0.3) is 5.91 Å². The fourth-order valence-corrected chi connectivity index (χ4v) is 2.97. The summed E-state index contributed by atoms with van der Waals surface area (Å²) in [4.78, 5) is 19.2. The van der Waals surface area contributed by atoms with Gasteiger partial charge < -0.3 is 14.4 Å². The molecule has 0 saturated carbocycles. The fourth-order valence-electron chi connectivity index (χ4n) is 2.97. The topological polar surface area (TPSA) is 51.7 Å². The van der Waals surface area contributed by atoms with E-state index in [0.717, 1.165) is 16.3 Å². The van der Waals surface area contributed by atoms with Crippen LogP contribution in [0.5, 0.6) is 11.5 Å². The standard InChI is InChI=1S/C21H22N2O3/c1-4-23(14-15-9-10-18(25-2)19(13-15)26-3)21(24)20-17-8-6-5-7-16(17)11-12-22-20/h5-13H,4,14H2,1-3H3. The number of aromatic nitrogens is 1. The van der Waals surface area contributed by atoms with E-state index in [0.29, 0.717) is 30.3 Å². The Labute approximate surface area is 153 Å². The molecule has 5 heteroatoms. The van der Waals surface area contributed by atoms with Gasteiger partial charge in [-0.05, 0) is 36.1 Å². The summed E-state index contributed by atoms with van der Waals surface area (Å²) in [6, 6.07) is 15.4. The molecular formula is C21H22N2O3. The van der Waals surface area contributed by atoms with Crippen molar-refractivity contribution in [2.45, 2.75) is 13.5 Å². The summed E-state index contributed by atoms with van der Waals surface area (Å²) in [6.07, 6.45) is 1.68. The van der Waals surface area contributed by atoms with Crippen LogP contribution in [0.3, 0.4) is 0 Å². The van der Waals surface area contributed by atoms with E-state index in [1.807, 2.05) is 55.5 Å². The molecule has 3 rings (SSSR count). The number of fused-ring (bicyclic) bond motifs is 1. The van der Waals surface area contributed by atoms with Crippen molar-refractivity contribution in [3.05, 3.63) is 66.0 Å². The number of methoxy groups -OCH3 is 2. The van der Waals surface area contributed by atoms with E-state index in [9.17, 15) is 4.79 Å². The van der Waals surface area contributed by atoms with Crippen molar-refractivity contribution >= 4 is 16.7 Å². The number of hydrogen-bond donors (Lipinski definition) is 0. The molecule has 1 aromatic heterocycles. The lowest BCUT2D eigenvalue weighted by molar-refractivity contribution is 0.0748. The first-order chi connectivity index (χ1) is 12.7. The number of hydrogen-bond acceptors (Lipinski definition) is 4. The molecular weight excluding hydrogens is 328 g/mol. The molecule has 0 spiro atoms. The van der Waals surface area contributed by atoms with Crippen LogP contribution >= 0.6 is 0 Å². The Morgan fingerprint density at radius 1 is 1.04 bits per heavy atom. The first-order valence-corrected chi connectivity index (χ1v) is 8.51. The van der Waals surface area contributed by atoms with Crippen LogP contribution < -0.4 is 9.47 Å². The lowest BCUT2D eigenvalue weighted by Crippen LogP contribution is -2.31. The van der Waals surface area contributed by atoms with Gasteiger partial charge in [-0.25, -0.2) is 0 Å². The molecule has 2 aromatic carbocycles. The van der Waals surface area contributed by atoms with Gasteiger partial charge in [0.1, 0.15) is 5.69 Å². The maximum atomic E-state index is 13.1. The third-order valence-electron chi connectivity index (χ3n) is 4.37.